The van der Waals surface area contributed by atoms with E-state index in [-0.39, 0.29) is 0 Å². The van der Waals surface area contributed by atoms with E-state index in [1.165, 1.54) is 5.56 Å². The lowest BCUT2D eigenvalue weighted by Gasteiger charge is -2.06. The topological polar surface area (TPSA) is 51.8 Å². The predicted molar refractivity (Wildman–Crippen MR) is 61.4 cm³/mol. The van der Waals surface area contributed by atoms with Gasteiger partial charge in [0.1, 0.15) is 6.33 Å². The number of aromatic nitrogens is 2. The van der Waals surface area contributed by atoms with E-state index in [1.54, 1.807) is 6.33 Å². The van der Waals surface area contributed by atoms with E-state index in [0.29, 0.717) is 5.69 Å². The molecule has 0 unspecified atom stereocenters. The normalized spacial score (nSPS) is 10.3. The van der Waals surface area contributed by atoms with Crippen molar-refractivity contribution in [3.63, 3.8) is 0 Å². The third-order valence-corrected chi connectivity index (χ3v) is 2.41. The summed E-state index contributed by atoms with van der Waals surface area (Å²) in [4.78, 5) is 8.25. The summed E-state index contributed by atoms with van der Waals surface area (Å²) < 4.78 is 0. The van der Waals surface area contributed by atoms with Crippen LogP contribution in [-0.4, -0.2) is 9.97 Å². The minimum Gasteiger partial charge on any atom is -0.395 e. The summed E-state index contributed by atoms with van der Waals surface area (Å²) in [6, 6.07) is 8.14. The minimum absolute atomic E-state index is 0.654. The number of rotatable bonds is 1. The highest BCUT2D eigenvalue weighted by atomic mass is 14.9. The molecule has 2 rings (SSSR count). The van der Waals surface area contributed by atoms with Gasteiger partial charge in [-0.25, -0.2) is 9.97 Å². The van der Waals surface area contributed by atoms with Gasteiger partial charge in [-0.2, -0.15) is 0 Å². The molecule has 76 valence electrons. The largest absolute Gasteiger partial charge is 0.395 e. The lowest BCUT2D eigenvalue weighted by molar-refractivity contribution is 1.11. The molecule has 1 aromatic heterocycles. The van der Waals surface area contributed by atoms with Gasteiger partial charge in [-0.3, -0.25) is 0 Å². The molecule has 2 N–H and O–H groups in total. The maximum absolute atomic E-state index is 5.93. The van der Waals surface area contributed by atoms with Crippen LogP contribution in [0.3, 0.4) is 0 Å². The van der Waals surface area contributed by atoms with Gasteiger partial charge in [-0.15, -0.1) is 0 Å². The van der Waals surface area contributed by atoms with Crippen molar-refractivity contribution in [1.82, 2.24) is 9.97 Å². The van der Waals surface area contributed by atoms with Gasteiger partial charge < -0.3 is 5.73 Å². The third-order valence-electron chi connectivity index (χ3n) is 2.41. The highest BCUT2D eigenvalue weighted by Gasteiger charge is 2.06. The van der Waals surface area contributed by atoms with Crippen LogP contribution in [0.25, 0.3) is 11.3 Å². The SMILES string of the molecule is Cc1ccc(-c2ncnc(C)c2N)cc1. The van der Waals surface area contributed by atoms with Gasteiger partial charge in [-0.1, -0.05) is 29.8 Å². The second-order valence-electron chi connectivity index (χ2n) is 3.59. The fourth-order valence-corrected chi connectivity index (χ4v) is 1.43. The molecule has 0 aliphatic rings. The van der Waals surface area contributed by atoms with Crippen LogP contribution in [0.2, 0.25) is 0 Å². The Hall–Kier alpha value is -1.90. The molecule has 0 fully saturated rings. The molecule has 0 saturated carbocycles. The fourth-order valence-electron chi connectivity index (χ4n) is 1.43. The number of anilines is 1. The standard InChI is InChI=1S/C12H13N3/c1-8-3-5-10(6-4-8)12-11(13)9(2)14-7-15-12/h3-7H,13H2,1-2H3. The highest BCUT2D eigenvalue weighted by Crippen LogP contribution is 2.24. The summed E-state index contributed by atoms with van der Waals surface area (Å²) in [7, 11) is 0. The van der Waals surface area contributed by atoms with Crippen LogP contribution < -0.4 is 5.73 Å². The molecule has 1 aromatic carbocycles. The molecule has 2 aromatic rings. The number of hydrogen-bond donors (Lipinski definition) is 1. The molecule has 1 heterocycles. The fraction of sp³-hybridized carbons (Fsp3) is 0.167. The molecule has 0 atom stereocenters. The molecule has 0 spiro atoms. The highest BCUT2D eigenvalue weighted by molar-refractivity contribution is 5.73. The molecule has 3 heteroatoms. The van der Waals surface area contributed by atoms with Crippen LogP contribution in [0.15, 0.2) is 30.6 Å². The molecule has 15 heavy (non-hydrogen) atoms. The maximum atomic E-state index is 5.93. The maximum Gasteiger partial charge on any atom is 0.116 e. The summed E-state index contributed by atoms with van der Waals surface area (Å²) in [5.74, 6) is 0. The number of nitrogens with zero attached hydrogens (tertiary/aromatic N) is 2. The Bertz CT molecular complexity index is 475. The Morgan fingerprint density at radius 2 is 1.67 bits per heavy atom. The molecular weight excluding hydrogens is 186 g/mol. The number of nitrogens with two attached hydrogens (primary N) is 1. The van der Waals surface area contributed by atoms with E-state index in [1.807, 2.05) is 31.2 Å². The molecule has 0 saturated heterocycles. The smallest absolute Gasteiger partial charge is 0.116 e. The average molecular weight is 199 g/mol. The first-order valence-electron chi connectivity index (χ1n) is 4.82. The van der Waals surface area contributed by atoms with E-state index >= 15 is 0 Å². The van der Waals surface area contributed by atoms with E-state index in [2.05, 4.69) is 16.9 Å². The van der Waals surface area contributed by atoms with Crippen molar-refractivity contribution in [1.29, 1.82) is 0 Å². The summed E-state index contributed by atoms with van der Waals surface area (Å²) in [6.07, 6.45) is 1.54. The first-order valence-corrected chi connectivity index (χ1v) is 4.82. The minimum atomic E-state index is 0.654. The quantitative estimate of drug-likeness (QED) is 0.767. The molecule has 0 aliphatic carbocycles. The second-order valence-corrected chi connectivity index (χ2v) is 3.59. The van der Waals surface area contributed by atoms with Crippen LogP contribution in [-0.2, 0) is 0 Å². The third kappa shape index (κ3) is 1.81. The summed E-state index contributed by atoms with van der Waals surface area (Å²) in [5, 5.41) is 0. The number of nitrogen functional groups attached to an aromatic ring is 1. The van der Waals surface area contributed by atoms with Gasteiger partial charge in [-0.05, 0) is 13.8 Å². The molecule has 3 nitrogen and oxygen atoms in total. The number of aryl methyl sites for hydroxylation is 2. The predicted octanol–water partition coefficient (Wildman–Crippen LogP) is 2.34. The van der Waals surface area contributed by atoms with E-state index < -0.39 is 0 Å². The monoisotopic (exact) mass is 199 g/mol. The van der Waals surface area contributed by atoms with E-state index in [9.17, 15) is 0 Å². The Kier molecular flexibility index (Phi) is 2.37. The van der Waals surface area contributed by atoms with E-state index in [0.717, 1.165) is 17.0 Å². The second kappa shape index (κ2) is 3.69. The summed E-state index contributed by atoms with van der Waals surface area (Å²) in [6.45, 7) is 3.94. The van der Waals surface area contributed by atoms with Crippen LogP contribution in [0, 0.1) is 13.8 Å². The Morgan fingerprint density at radius 1 is 1.00 bits per heavy atom. The van der Waals surface area contributed by atoms with Crippen LogP contribution in [0.4, 0.5) is 5.69 Å². The van der Waals surface area contributed by atoms with Gasteiger partial charge in [0.2, 0.25) is 0 Å². The van der Waals surface area contributed by atoms with Gasteiger partial charge in [0.25, 0.3) is 0 Å². The lowest BCUT2D eigenvalue weighted by Crippen LogP contribution is -1.98. The van der Waals surface area contributed by atoms with Crippen molar-refractivity contribution in [2.24, 2.45) is 0 Å². The van der Waals surface area contributed by atoms with Gasteiger partial charge >= 0.3 is 0 Å². The first kappa shape index (κ1) is 9.65. The average Bonchev–Trinajstić information content (AvgIpc) is 2.24. The van der Waals surface area contributed by atoms with Crippen molar-refractivity contribution in [2.45, 2.75) is 13.8 Å². The molecular formula is C12H13N3. The Labute approximate surface area is 89.0 Å². The van der Waals surface area contributed by atoms with Crippen molar-refractivity contribution in [3.8, 4) is 11.3 Å². The van der Waals surface area contributed by atoms with Gasteiger partial charge in [0, 0.05) is 5.56 Å². The lowest BCUT2D eigenvalue weighted by atomic mass is 10.1. The van der Waals surface area contributed by atoms with Crippen molar-refractivity contribution in [2.75, 3.05) is 5.73 Å². The zero-order chi connectivity index (χ0) is 10.8. The molecule has 0 aliphatic heterocycles. The molecule has 0 bridgehead atoms. The number of benzene rings is 1. The first-order chi connectivity index (χ1) is 7.18. The molecule has 0 radical (unpaired) electrons. The van der Waals surface area contributed by atoms with Crippen LogP contribution in [0.5, 0.6) is 0 Å². The van der Waals surface area contributed by atoms with Crippen molar-refractivity contribution < 1.29 is 0 Å². The van der Waals surface area contributed by atoms with Crippen LogP contribution in [0.1, 0.15) is 11.3 Å². The zero-order valence-electron chi connectivity index (χ0n) is 8.86. The summed E-state index contributed by atoms with van der Waals surface area (Å²) in [5.41, 5.74) is 10.5. The zero-order valence-corrected chi connectivity index (χ0v) is 8.86. The van der Waals surface area contributed by atoms with Crippen molar-refractivity contribution in [3.05, 3.63) is 41.9 Å². The Morgan fingerprint density at radius 3 is 2.33 bits per heavy atom. The van der Waals surface area contributed by atoms with Gasteiger partial charge in [0.05, 0.1) is 17.1 Å². The van der Waals surface area contributed by atoms with Crippen LogP contribution >= 0.6 is 0 Å². The van der Waals surface area contributed by atoms with E-state index in [4.69, 9.17) is 5.73 Å². The number of hydrogen-bond acceptors (Lipinski definition) is 3. The Balaban J connectivity index is 2.54. The van der Waals surface area contributed by atoms with Crippen molar-refractivity contribution >= 4 is 5.69 Å². The molecule has 0 amide bonds. The summed E-state index contributed by atoms with van der Waals surface area (Å²) >= 11 is 0. The van der Waals surface area contributed by atoms with Gasteiger partial charge in [0.15, 0.2) is 0 Å².